The lowest BCUT2D eigenvalue weighted by Gasteiger charge is -2.12. The highest BCUT2D eigenvalue weighted by Crippen LogP contribution is 2.20. The van der Waals surface area contributed by atoms with Gasteiger partial charge in [-0.1, -0.05) is 12.1 Å². The molecule has 0 aromatic heterocycles. The van der Waals surface area contributed by atoms with E-state index in [2.05, 4.69) is 0 Å². The third-order valence-corrected chi connectivity index (χ3v) is 4.82. The van der Waals surface area contributed by atoms with Crippen molar-refractivity contribution in [2.24, 2.45) is 5.73 Å². The number of nitrogens with two attached hydrogens (primary N) is 1. The first-order valence-electron chi connectivity index (χ1n) is 6.25. The van der Waals surface area contributed by atoms with Crippen LogP contribution in [0, 0.1) is 0 Å². The highest BCUT2D eigenvalue weighted by Gasteiger charge is 2.29. The van der Waals surface area contributed by atoms with Crippen LogP contribution < -0.4 is 10.5 Å². The molecule has 2 rings (SSSR count). The van der Waals surface area contributed by atoms with Crippen LogP contribution in [0.1, 0.15) is 18.4 Å². The third kappa shape index (κ3) is 3.71. The Bertz CT molecular complexity index is 481. The number of rotatable bonds is 5. The highest BCUT2D eigenvalue weighted by molar-refractivity contribution is 7.91. The Morgan fingerprint density at radius 3 is 2.56 bits per heavy atom. The van der Waals surface area contributed by atoms with Gasteiger partial charge in [0, 0.05) is 0 Å². The predicted octanol–water partition coefficient (Wildman–Crippen LogP) is 1.14. The van der Waals surface area contributed by atoms with E-state index in [9.17, 15) is 8.42 Å². The van der Waals surface area contributed by atoms with E-state index in [0.29, 0.717) is 13.0 Å². The van der Waals surface area contributed by atoms with Gasteiger partial charge in [-0.3, -0.25) is 0 Å². The second kappa shape index (κ2) is 5.71. The molecule has 1 aliphatic heterocycles. The number of benzene rings is 1. The van der Waals surface area contributed by atoms with Crippen LogP contribution >= 0.6 is 0 Å². The fourth-order valence-corrected chi connectivity index (χ4v) is 3.68. The van der Waals surface area contributed by atoms with E-state index in [0.717, 1.165) is 18.6 Å². The molecule has 1 fully saturated rings. The molecule has 5 heteroatoms. The minimum absolute atomic E-state index is 0.141. The number of aryl methyl sites for hydroxylation is 1. The molecule has 1 unspecified atom stereocenters. The summed E-state index contributed by atoms with van der Waals surface area (Å²) in [6.45, 7) is 0.693. The maximum absolute atomic E-state index is 11.3. The van der Waals surface area contributed by atoms with Crippen LogP contribution in [-0.2, 0) is 16.3 Å². The highest BCUT2D eigenvalue weighted by atomic mass is 32.2. The standard InChI is InChI=1S/C13H19NO3S/c14-8-1-2-11-3-5-12(6-4-11)17-13-7-9-18(15,16)10-13/h3-6,13H,1-2,7-10,14H2. The monoisotopic (exact) mass is 269 g/mol. The largest absolute Gasteiger partial charge is 0.489 e. The zero-order chi connectivity index (χ0) is 13.0. The van der Waals surface area contributed by atoms with Crippen LogP contribution in [0.3, 0.4) is 0 Å². The van der Waals surface area contributed by atoms with E-state index in [1.54, 1.807) is 0 Å². The van der Waals surface area contributed by atoms with Crippen molar-refractivity contribution in [3.05, 3.63) is 29.8 Å². The Morgan fingerprint density at radius 2 is 2.00 bits per heavy atom. The van der Waals surface area contributed by atoms with Gasteiger partial charge in [0.15, 0.2) is 9.84 Å². The van der Waals surface area contributed by atoms with E-state index >= 15 is 0 Å². The lowest BCUT2D eigenvalue weighted by atomic mass is 10.1. The SMILES string of the molecule is NCCCc1ccc(OC2CCS(=O)(=O)C2)cc1. The zero-order valence-corrected chi connectivity index (χ0v) is 11.2. The first-order chi connectivity index (χ1) is 8.59. The van der Waals surface area contributed by atoms with Crippen molar-refractivity contribution >= 4 is 9.84 Å². The van der Waals surface area contributed by atoms with Crippen LogP contribution in [0.25, 0.3) is 0 Å². The molecule has 1 heterocycles. The first-order valence-corrected chi connectivity index (χ1v) is 8.07. The molecular weight excluding hydrogens is 250 g/mol. The normalized spacial score (nSPS) is 21.9. The Hall–Kier alpha value is -1.07. The number of ether oxygens (including phenoxy) is 1. The molecular formula is C13H19NO3S. The Balaban J connectivity index is 1.90. The maximum atomic E-state index is 11.3. The number of hydrogen-bond donors (Lipinski definition) is 1. The van der Waals surface area contributed by atoms with Gasteiger partial charge in [0.25, 0.3) is 0 Å². The predicted molar refractivity (Wildman–Crippen MR) is 71.5 cm³/mol. The molecule has 1 aromatic rings. The summed E-state index contributed by atoms with van der Waals surface area (Å²) in [7, 11) is -2.87. The van der Waals surface area contributed by atoms with Crippen LogP contribution in [-0.4, -0.2) is 32.6 Å². The molecule has 18 heavy (non-hydrogen) atoms. The van der Waals surface area contributed by atoms with Crippen LogP contribution in [0.2, 0.25) is 0 Å². The molecule has 0 amide bonds. The topological polar surface area (TPSA) is 69.4 Å². The number of hydrogen-bond acceptors (Lipinski definition) is 4. The fourth-order valence-electron chi connectivity index (χ4n) is 2.09. The molecule has 0 spiro atoms. The molecule has 2 N–H and O–H groups in total. The van der Waals surface area contributed by atoms with Crippen molar-refractivity contribution in [2.45, 2.75) is 25.4 Å². The molecule has 100 valence electrons. The van der Waals surface area contributed by atoms with Crippen molar-refractivity contribution in [2.75, 3.05) is 18.1 Å². The maximum Gasteiger partial charge on any atom is 0.154 e. The third-order valence-electron chi connectivity index (χ3n) is 3.09. The lowest BCUT2D eigenvalue weighted by Crippen LogP contribution is -2.17. The lowest BCUT2D eigenvalue weighted by molar-refractivity contribution is 0.229. The minimum Gasteiger partial charge on any atom is -0.489 e. The van der Waals surface area contributed by atoms with Gasteiger partial charge in [-0.05, 0) is 43.5 Å². The summed E-state index contributed by atoms with van der Waals surface area (Å²) >= 11 is 0. The van der Waals surface area contributed by atoms with E-state index in [4.69, 9.17) is 10.5 Å². The van der Waals surface area contributed by atoms with Gasteiger partial charge in [0.05, 0.1) is 11.5 Å². The zero-order valence-electron chi connectivity index (χ0n) is 10.3. The molecule has 0 radical (unpaired) electrons. The smallest absolute Gasteiger partial charge is 0.154 e. The van der Waals surface area contributed by atoms with Crippen molar-refractivity contribution in [3.8, 4) is 5.75 Å². The van der Waals surface area contributed by atoms with E-state index < -0.39 is 9.84 Å². The van der Waals surface area contributed by atoms with Crippen LogP contribution in [0.15, 0.2) is 24.3 Å². The average Bonchev–Trinajstić information content (AvgIpc) is 2.68. The Morgan fingerprint density at radius 1 is 1.28 bits per heavy atom. The quantitative estimate of drug-likeness (QED) is 0.870. The number of sulfone groups is 1. The Kier molecular flexibility index (Phi) is 4.24. The van der Waals surface area contributed by atoms with Crippen molar-refractivity contribution < 1.29 is 13.2 Å². The first kappa shape index (κ1) is 13.4. The molecule has 1 aliphatic rings. The second-order valence-corrected chi connectivity index (χ2v) is 6.91. The molecule has 1 saturated heterocycles. The average molecular weight is 269 g/mol. The summed E-state index contributed by atoms with van der Waals surface area (Å²) in [6, 6.07) is 7.82. The molecule has 4 nitrogen and oxygen atoms in total. The minimum atomic E-state index is -2.87. The summed E-state index contributed by atoms with van der Waals surface area (Å²) in [6.07, 6.45) is 2.34. The van der Waals surface area contributed by atoms with E-state index in [1.165, 1.54) is 5.56 Å². The second-order valence-electron chi connectivity index (χ2n) is 4.68. The van der Waals surface area contributed by atoms with Crippen molar-refractivity contribution in [1.82, 2.24) is 0 Å². The van der Waals surface area contributed by atoms with Gasteiger partial charge >= 0.3 is 0 Å². The van der Waals surface area contributed by atoms with Crippen LogP contribution in [0.4, 0.5) is 0 Å². The summed E-state index contributed by atoms with van der Waals surface area (Å²) in [4.78, 5) is 0. The van der Waals surface area contributed by atoms with Gasteiger partial charge in [0.1, 0.15) is 11.9 Å². The van der Waals surface area contributed by atoms with Crippen LogP contribution in [0.5, 0.6) is 5.75 Å². The summed E-state index contributed by atoms with van der Waals surface area (Å²) < 4.78 is 28.3. The van der Waals surface area contributed by atoms with Gasteiger partial charge < -0.3 is 10.5 Å². The van der Waals surface area contributed by atoms with Gasteiger partial charge in [-0.25, -0.2) is 8.42 Å². The van der Waals surface area contributed by atoms with E-state index in [-0.39, 0.29) is 17.6 Å². The Labute approximate surface area is 108 Å². The molecule has 1 atom stereocenters. The van der Waals surface area contributed by atoms with Gasteiger partial charge in [-0.15, -0.1) is 0 Å². The summed E-state index contributed by atoms with van der Waals surface area (Å²) in [5.74, 6) is 1.13. The van der Waals surface area contributed by atoms with Crippen molar-refractivity contribution in [1.29, 1.82) is 0 Å². The molecule has 1 aromatic carbocycles. The van der Waals surface area contributed by atoms with E-state index in [1.807, 2.05) is 24.3 Å². The fraction of sp³-hybridized carbons (Fsp3) is 0.538. The molecule has 0 bridgehead atoms. The van der Waals surface area contributed by atoms with Gasteiger partial charge in [0.2, 0.25) is 0 Å². The summed E-state index contributed by atoms with van der Waals surface area (Å²) in [5, 5.41) is 0. The summed E-state index contributed by atoms with van der Waals surface area (Å²) in [5.41, 5.74) is 6.69. The molecule has 0 aliphatic carbocycles. The molecule has 0 saturated carbocycles. The van der Waals surface area contributed by atoms with Gasteiger partial charge in [-0.2, -0.15) is 0 Å². The van der Waals surface area contributed by atoms with Crippen molar-refractivity contribution in [3.63, 3.8) is 0 Å².